The van der Waals surface area contributed by atoms with Crippen LogP contribution in [-0.2, 0) is 4.79 Å². The smallest absolute Gasteiger partial charge is 0.267 e. The van der Waals surface area contributed by atoms with Crippen LogP contribution in [0.1, 0.15) is 22.2 Å². The number of ether oxygens (including phenoxy) is 1. The lowest BCUT2D eigenvalue weighted by atomic mass is 10.1. The largest absolute Gasteiger partial charge is 0.497 e. The Balaban J connectivity index is 1.89. The molecule has 0 aliphatic carbocycles. The Kier molecular flexibility index (Phi) is 5.15. The molecule has 1 heterocycles. The third-order valence-corrected chi connectivity index (χ3v) is 5.50. The number of thiophene rings is 1. The lowest BCUT2D eigenvalue weighted by Gasteiger charge is -2.10. The van der Waals surface area contributed by atoms with Gasteiger partial charge in [-0.05, 0) is 42.8 Å². The molecule has 7 heteroatoms. The topological polar surface area (TPSA) is 67.4 Å². The van der Waals surface area contributed by atoms with E-state index in [1.807, 2.05) is 31.2 Å². The van der Waals surface area contributed by atoms with Gasteiger partial charge < -0.3 is 15.4 Å². The summed E-state index contributed by atoms with van der Waals surface area (Å²) in [5, 5.41) is 6.81. The molecule has 0 atom stereocenters. The van der Waals surface area contributed by atoms with Crippen molar-refractivity contribution in [1.82, 2.24) is 0 Å². The number of benzene rings is 2. The van der Waals surface area contributed by atoms with Crippen molar-refractivity contribution in [3.63, 3.8) is 0 Å². The summed E-state index contributed by atoms with van der Waals surface area (Å²) < 4.78 is 6.09. The van der Waals surface area contributed by atoms with Crippen molar-refractivity contribution in [2.75, 3.05) is 17.7 Å². The van der Waals surface area contributed by atoms with Gasteiger partial charge in [-0.3, -0.25) is 9.59 Å². The average molecular weight is 389 g/mol. The fourth-order valence-electron chi connectivity index (χ4n) is 2.53. The van der Waals surface area contributed by atoms with Crippen LogP contribution in [0, 0.1) is 6.92 Å². The van der Waals surface area contributed by atoms with Crippen molar-refractivity contribution >= 4 is 56.2 Å². The standard InChI is InChI=1S/C19H17ClN2O3S/c1-10-4-5-12(8-15(10)21-11(2)23)22-19(24)18-17(20)14-7-6-13(25-3)9-16(14)26-18/h4-9H,1-3H3,(H,21,23)(H,22,24). The molecular weight excluding hydrogens is 372 g/mol. The van der Waals surface area contributed by atoms with Crippen LogP contribution >= 0.6 is 22.9 Å². The summed E-state index contributed by atoms with van der Waals surface area (Å²) in [4.78, 5) is 24.4. The maximum Gasteiger partial charge on any atom is 0.267 e. The fourth-order valence-corrected chi connectivity index (χ4v) is 3.97. The van der Waals surface area contributed by atoms with Gasteiger partial charge in [0.15, 0.2) is 0 Å². The molecular formula is C19H17ClN2O3S. The molecule has 0 radical (unpaired) electrons. The molecule has 2 N–H and O–H groups in total. The lowest BCUT2D eigenvalue weighted by molar-refractivity contribution is -0.114. The molecule has 2 amide bonds. The number of methoxy groups -OCH3 is 1. The summed E-state index contributed by atoms with van der Waals surface area (Å²) in [6, 6.07) is 10.8. The molecule has 0 saturated heterocycles. The van der Waals surface area contributed by atoms with Gasteiger partial charge in [0, 0.05) is 28.4 Å². The number of halogens is 1. The zero-order valence-corrected chi connectivity index (χ0v) is 16.0. The molecule has 0 bridgehead atoms. The second kappa shape index (κ2) is 7.35. The molecule has 3 rings (SSSR count). The number of carbonyl (C=O) groups excluding carboxylic acids is 2. The Morgan fingerprint density at radius 2 is 1.88 bits per heavy atom. The van der Waals surface area contributed by atoms with E-state index in [-0.39, 0.29) is 11.8 Å². The normalized spacial score (nSPS) is 10.6. The van der Waals surface area contributed by atoms with Crippen molar-refractivity contribution < 1.29 is 14.3 Å². The lowest BCUT2D eigenvalue weighted by Crippen LogP contribution is -2.12. The number of hydrogen-bond donors (Lipinski definition) is 2. The quantitative estimate of drug-likeness (QED) is 0.654. The van der Waals surface area contributed by atoms with Gasteiger partial charge >= 0.3 is 0 Å². The van der Waals surface area contributed by atoms with Crippen LogP contribution in [0.5, 0.6) is 5.75 Å². The molecule has 1 aromatic heterocycles. The Labute approximate surface area is 159 Å². The molecule has 0 aliphatic heterocycles. The number of anilines is 2. The highest BCUT2D eigenvalue weighted by Gasteiger charge is 2.18. The summed E-state index contributed by atoms with van der Waals surface area (Å²) in [6.45, 7) is 3.32. The summed E-state index contributed by atoms with van der Waals surface area (Å²) in [5.74, 6) is 0.242. The van der Waals surface area contributed by atoms with Crippen LogP contribution in [-0.4, -0.2) is 18.9 Å². The molecule has 0 fully saturated rings. The van der Waals surface area contributed by atoms with Crippen LogP contribution in [0.25, 0.3) is 10.1 Å². The number of amides is 2. The van der Waals surface area contributed by atoms with Gasteiger partial charge in [0.25, 0.3) is 5.91 Å². The number of fused-ring (bicyclic) bond motifs is 1. The Bertz CT molecular complexity index is 1010. The predicted octanol–water partition coefficient (Wildman–Crippen LogP) is 5.08. The molecule has 5 nitrogen and oxygen atoms in total. The first kappa shape index (κ1) is 18.2. The van der Waals surface area contributed by atoms with Crippen molar-refractivity contribution in [2.24, 2.45) is 0 Å². The molecule has 3 aromatic rings. The first-order valence-electron chi connectivity index (χ1n) is 7.84. The minimum atomic E-state index is -0.298. The monoisotopic (exact) mass is 388 g/mol. The summed E-state index contributed by atoms with van der Waals surface area (Å²) in [7, 11) is 1.59. The minimum Gasteiger partial charge on any atom is -0.497 e. The highest BCUT2D eigenvalue weighted by atomic mass is 35.5. The molecule has 0 saturated carbocycles. The van der Waals surface area contributed by atoms with E-state index in [1.165, 1.54) is 18.3 Å². The van der Waals surface area contributed by atoms with Crippen LogP contribution in [0.15, 0.2) is 36.4 Å². The van der Waals surface area contributed by atoms with Gasteiger partial charge in [-0.2, -0.15) is 0 Å². The van der Waals surface area contributed by atoms with Crippen molar-refractivity contribution in [1.29, 1.82) is 0 Å². The Morgan fingerprint density at radius 3 is 2.58 bits per heavy atom. The van der Waals surface area contributed by atoms with Gasteiger partial charge in [-0.25, -0.2) is 0 Å². The van der Waals surface area contributed by atoms with E-state index in [0.717, 1.165) is 15.6 Å². The zero-order valence-electron chi connectivity index (χ0n) is 14.5. The first-order valence-corrected chi connectivity index (χ1v) is 9.04. The van der Waals surface area contributed by atoms with Gasteiger partial charge in [-0.1, -0.05) is 17.7 Å². The van der Waals surface area contributed by atoms with Gasteiger partial charge in [0.05, 0.1) is 12.1 Å². The average Bonchev–Trinajstić information content (AvgIpc) is 2.93. The van der Waals surface area contributed by atoms with Crippen LogP contribution in [0.2, 0.25) is 5.02 Å². The highest BCUT2D eigenvalue weighted by molar-refractivity contribution is 7.21. The molecule has 0 aliphatic rings. The summed E-state index contributed by atoms with van der Waals surface area (Å²) in [5.41, 5.74) is 2.14. The fraction of sp³-hybridized carbons (Fsp3) is 0.158. The first-order chi connectivity index (χ1) is 12.4. The minimum absolute atomic E-state index is 0.168. The van der Waals surface area contributed by atoms with Gasteiger partial charge in [-0.15, -0.1) is 11.3 Å². The number of aryl methyl sites for hydroxylation is 1. The van der Waals surface area contributed by atoms with E-state index in [1.54, 1.807) is 19.2 Å². The SMILES string of the molecule is COc1ccc2c(Cl)c(C(=O)Nc3ccc(C)c(NC(C)=O)c3)sc2c1. The molecule has 0 spiro atoms. The number of nitrogens with one attached hydrogen (secondary N) is 2. The Hall–Kier alpha value is -2.57. The summed E-state index contributed by atoms with van der Waals surface area (Å²) >= 11 is 7.70. The van der Waals surface area contributed by atoms with Crippen LogP contribution < -0.4 is 15.4 Å². The molecule has 0 unspecified atom stereocenters. The van der Waals surface area contributed by atoms with E-state index in [2.05, 4.69) is 10.6 Å². The van der Waals surface area contributed by atoms with Crippen molar-refractivity contribution in [2.45, 2.75) is 13.8 Å². The summed E-state index contributed by atoms with van der Waals surface area (Å²) in [6.07, 6.45) is 0. The third-order valence-electron chi connectivity index (χ3n) is 3.85. The Morgan fingerprint density at radius 1 is 1.12 bits per heavy atom. The van der Waals surface area contributed by atoms with Crippen LogP contribution in [0.4, 0.5) is 11.4 Å². The number of carbonyl (C=O) groups is 2. The number of hydrogen-bond acceptors (Lipinski definition) is 4. The van der Waals surface area contributed by atoms with E-state index >= 15 is 0 Å². The maximum absolute atomic E-state index is 12.7. The molecule has 134 valence electrons. The second-order valence-electron chi connectivity index (χ2n) is 5.77. The van der Waals surface area contributed by atoms with Crippen LogP contribution in [0.3, 0.4) is 0 Å². The predicted molar refractivity (Wildman–Crippen MR) is 107 cm³/mol. The highest BCUT2D eigenvalue weighted by Crippen LogP contribution is 2.37. The molecule has 2 aromatic carbocycles. The third kappa shape index (κ3) is 3.66. The van der Waals surface area contributed by atoms with E-state index in [0.29, 0.717) is 27.0 Å². The van der Waals surface area contributed by atoms with E-state index < -0.39 is 0 Å². The number of rotatable bonds is 4. The zero-order chi connectivity index (χ0) is 18.8. The van der Waals surface area contributed by atoms with Gasteiger partial charge in [0.2, 0.25) is 5.91 Å². The van der Waals surface area contributed by atoms with E-state index in [4.69, 9.17) is 16.3 Å². The second-order valence-corrected chi connectivity index (χ2v) is 7.20. The maximum atomic E-state index is 12.7. The van der Waals surface area contributed by atoms with E-state index in [9.17, 15) is 9.59 Å². The molecule has 26 heavy (non-hydrogen) atoms. The van der Waals surface area contributed by atoms with Crippen molar-refractivity contribution in [3.8, 4) is 5.75 Å². The van der Waals surface area contributed by atoms with Crippen molar-refractivity contribution in [3.05, 3.63) is 51.9 Å². The van der Waals surface area contributed by atoms with Gasteiger partial charge in [0.1, 0.15) is 10.6 Å².